The monoisotopic (exact) mass is 248 g/mol. The molecule has 3 nitrogen and oxygen atoms in total. The van der Waals surface area contributed by atoms with E-state index in [0.717, 1.165) is 36.1 Å². The van der Waals surface area contributed by atoms with E-state index in [0.29, 0.717) is 13.0 Å². The molecule has 1 aromatic carbocycles. The zero-order chi connectivity index (χ0) is 13.2. The van der Waals surface area contributed by atoms with Crippen molar-refractivity contribution in [2.24, 2.45) is 5.41 Å². The standard InChI is InChI=1S/C15H20O3/c1-3-18-13-6-5-12(9-11(13)2)10-15(14(16)17)7-4-8-15/h5-6,9H,3-4,7-8,10H2,1-2H3,(H,16,17). The number of benzene rings is 1. The largest absolute Gasteiger partial charge is 0.494 e. The first-order valence-electron chi connectivity index (χ1n) is 6.53. The zero-order valence-corrected chi connectivity index (χ0v) is 11.0. The van der Waals surface area contributed by atoms with Crippen LogP contribution < -0.4 is 4.74 Å². The van der Waals surface area contributed by atoms with Gasteiger partial charge in [0.15, 0.2) is 0 Å². The second-order valence-electron chi connectivity index (χ2n) is 5.15. The van der Waals surface area contributed by atoms with E-state index in [9.17, 15) is 9.90 Å². The Morgan fingerprint density at radius 3 is 2.61 bits per heavy atom. The van der Waals surface area contributed by atoms with E-state index < -0.39 is 11.4 Å². The third-order valence-corrected chi connectivity index (χ3v) is 3.85. The molecule has 1 aromatic rings. The van der Waals surface area contributed by atoms with Gasteiger partial charge in [0.2, 0.25) is 0 Å². The summed E-state index contributed by atoms with van der Waals surface area (Å²) in [4.78, 5) is 11.3. The lowest BCUT2D eigenvalue weighted by atomic mass is 9.65. The molecule has 1 aliphatic carbocycles. The topological polar surface area (TPSA) is 46.5 Å². The Morgan fingerprint density at radius 2 is 2.17 bits per heavy atom. The quantitative estimate of drug-likeness (QED) is 0.870. The number of carboxylic acids is 1. The molecule has 18 heavy (non-hydrogen) atoms. The van der Waals surface area contributed by atoms with Gasteiger partial charge in [0.05, 0.1) is 12.0 Å². The first-order valence-corrected chi connectivity index (χ1v) is 6.53. The van der Waals surface area contributed by atoms with E-state index in [1.807, 2.05) is 32.0 Å². The predicted octanol–water partition coefficient (Wildman–Crippen LogP) is 3.19. The van der Waals surface area contributed by atoms with Crippen molar-refractivity contribution in [3.8, 4) is 5.75 Å². The average molecular weight is 248 g/mol. The maximum atomic E-state index is 11.3. The summed E-state index contributed by atoms with van der Waals surface area (Å²) >= 11 is 0. The Bertz CT molecular complexity index is 447. The summed E-state index contributed by atoms with van der Waals surface area (Å²) in [7, 11) is 0. The Kier molecular flexibility index (Phi) is 3.60. The van der Waals surface area contributed by atoms with Crippen molar-refractivity contribution < 1.29 is 14.6 Å². The fourth-order valence-electron chi connectivity index (χ4n) is 2.60. The Morgan fingerprint density at radius 1 is 1.44 bits per heavy atom. The van der Waals surface area contributed by atoms with E-state index in [-0.39, 0.29) is 0 Å². The van der Waals surface area contributed by atoms with Gasteiger partial charge in [-0.05, 0) is 50.3 Å². The Hall–Kier alpha value is -1.51. The lowest BCUT2D eigenvalue weighted by molar-refractivity contribution is -0.154. The van der Waals surface area contributed by atoms with E-state index >= 15 is 0 Å². The summed E-state index contributed by atoms with van der Waals surface area (Å²) in [6.45, 7) is 4.61. The van der Waals surface area contributed by atoms with Crippen LogP contribution in [0.4, 0.5) is 0 Å². The normalized spacial score (nSPS) is 17.0. The third kappa shape index (κ3) is 2.35. The number of hydrogen-bond donors (Lipinski definition) is 1. The first-order chi connectivity index (χ1) is 8.57. The van der Waals surface area contributed by atoms with Gasteiger partial charge >= 0.3 is 5.97 Å². The van der Waals surface area contributed by atoms with Gasteiger partial charge in [-0.1, -0.05) is 18.6 Å². The van der Waals surface area contributed by atoms with Crippen LogP contribution in [0.25, 0.3) is 0 Å². The van der Waals surface area contributed by atoms with Gasteiger partial charge in [0, 0.05) is 0 Å². The summed E-state index contributed by atoms with van der Waals surface area (Å²) in [6, 6.07) is 5.98. The van der Waals surface area contributed by atoms with Crippen molar-refractivity contribution >= 4 is 5.97 Å². The highest BCUT2D eigenvalue weighted by molar-refractivity contribution is 5.76. The maximum Gasteiger partial charge on any atom is 0.309 e. The van der Waals surface area contributed by atoms with Crippen molar-refractivity contribution in [3.63, 3.8) is 0 Å². The molecule has 0 atom stereocenters. The highest BCUT2D eigenvalue weighted by Crippen LogP contribution is 2.44. The highest BCUT2D eigenvalue weighted by atomic mass is 16.5. The number of ether oxygens (including phenoxy) is 1. The molecule has 0 radical (unpaired) electrons. The first kappa shape index (κ1) is 12.9. The van der Waals surface area contributed by atoms with Crippen LogP contribution in [0.5, 0.6) is 5.75 Å². The molecule has 1 fully saturated rings. The molecule has 98 valence electrons. The lowest BCUT2D eigenvalue weighted by Gasteiger charge is -2.37. The molecule has 0 bridgehead atoms. The number of aryl methyl sites for hydroxylation is 1. The number of aliphatic carboxylic acids is 1. The zero-order valence-electron chi connectivity index (χ0n) is 11.0. The molecular formula is C15H20O3. The maximum absolute atomic E-state index is 11.3. The van der Waals surface area contributed by atoms with E-state index in [1.165, 1.54) is 0 Å². The molecule has 2 rings (SSSR count). The van der Waals surface area contributed by atoms with Gasteiger partial charge in [0.25, 0.3) is 0 Å². The van der Waals surface area contributed by atoms with Crippen LogP contribution in [0.15, 0.2) is 18.2 Å². The number of hydrogen-bond acceptors (Lipinski definition) is 2. The summed E-state index contributed by atoms with van der Waals surface area (Å²) < 4.78 is 5.49. The summed E-state index contributed by atoms with van der Waals surface area (Å²) in [5.74, 6) is 0.236. The van der Waals surface area contributed by atoms with Gasteiger partial charge in [-0.2, -0.15) is 0 Å². The van der Waals surface area contributed by atoms with Crippen LogP contribution in [0.1, 0.15) is 37.3 Å². The van der Waals surface area contributed by atoms with Crippen LogP contribution in [0.2, 0.25) is 0 Å². The molecule has 0 aliphatic heterocycles. The Balaban J connectivity index is 2.15. The minimum Gasteiger partial charge on any atom is -0.494 e. The number of carbonyl (C=O) groups is 1. The van der Waals surface area contributed by atoms with Crippen molar-refractivity contribution in [3.05, 3.63) is 29.3 Å². The molecule has 0 unspecified atom stereocenters. The molecule has 0 aromatic heterocycles. The van der Waals surface area contributed by atoms with Gasteiger partial charge in [0.1, 0.15) is 5.75 Å². The fourth-order valence-corrected chi connectivity index (χ4v) is 2.60. The smallest absolute Gasteiger partial charge is 0.309 e. The van der Waals surface area contributed by atoms with Gasteiger partial charge in [-0.25, -0.2) is 0 Å². The van der Waals surface area contributed by atoms with Crippen molar-refractivity contribution in [1.82, 2.24) is 0 Å². The van der Waals surface area contributed by atoms with Gasteiger partial charge in [-0.3, -0.25) is 4.79 Å². The third-order valence-electron chi connectivity index (χ3n) is 3.85. The van der Waals surface area contributed by atoms with Crippen LogP contribution in [-0.4, -0.2) is 17.7 Å². The van der Waals surface area contributed by atoms with Crippen molar-refractivity contribution in [2.45, 2.75) is 39.5 Å². The number of carboxylic acid groups (broad SMARTS) is 1. The van der Waals surface area contributed by atoms with E-state index in [1.54, 1.807) is 0 Å². The lowest BCUT2D eigenvalue weighted by Crippen LogP contribution is -2.39. The minimum atomic E-state index is -0.653. The molecule has 3 heteroatoms. The van der Waals surface area contributed by atoms with Crippen molar-refractivity contribution in [2.75, 3.05) is 6.61 Å². The molecule has 0 amide bonds. The summed E-state index contributed by atoms with van der Waals surface area (Å²) in [5.41, 5.74) is 1.66. The fraction of sp³-hybridized carbons (Fsp3) is 0.533. The van der Waals surface area contributed by atoms with Gasteiger partial charge < -0.3 is 9.84 Å². The molecule has 1 N–H and O–H groups in total. The number of rotatable bonds is 5. The second kappa shape index (κ2) is 5.01. The summed E-state index contributed by atoms with van der Waals surface area (Å²) in [5, 5.41) is 9.33. The van der Waals surface area contributed by atoms with E-state index in [2.05, 4.69) is 0 Å². The van der Waals surface area contributed by atoms with Gasteiger partial charge in [-0.15, -0.1) is 0 Å². The SMILES string of the molecule is CCOc1ccc(CC2(C(=O)O)CCC2)cc1C. The van der Waals surface area contributed by atoms with Crippen LogP contribution in [0, 0.1) is 12.3 Å². The van der Waals surface area contributed by atoms with E-state index in [4.69, 9.17) is 4.74 Å². The van der Waals surface area contributed by atoms with Crippen molar-refractivity contribution in [1.29, 1.82) is 0 Å². The van der Waals surface area contributed by atoms with Crippen LogP contribution in [0.3, 0.4) is 0 Å². The van der Waals surface area contributed by atoms with Crippen LogP contribution >= 0.6 is 0 Å². The molecular weight excluding hydrogens is 228 g/mol. The second-order valence-corrected chi connectivity index (χ2v) is 5.15. The summed E-state index contributed by atoms with van der Waals surface area (Å²) in [6.07, 6.45) is 3.26. The molecule has 0 heterocycles. The molecule has 0 saturated heterocycles. The molecule has 1 aliphatic rings. The minimum absolute atomic E-state index is 0.514. The molecule has 1 saturated carbocycles. The average Bonchev–Trinajstić information content (AvgIpc) is 2.27. The molecule has 0 spiro atoms. The van der Waals surface area contributed by atoms with Crippen LogP contribution in [-0.2, 0) is 11.2 Å². The Labute approximate surface area is 108 Å². The highest BCUT2D eigenvalue weighted by Gasteiger charge is 2.44. The predicted molar refractivity (Wildman–Crippen MR) is 70.0 cm³/mol.